The Morgan fingerprint density at radius 1 is 0.468 bits per heavy atom. The number of aromatic carboxylic acids is 1. The van der Waals surface area contributed by atoms with E-state index in [0.29, 0.717) is 35.2 Å². The molecule has 0 aliphatic heterocycles. The first-order valence-corrected chi connectivity index (χ1v) is 29.0. The van der Waals surface area contributed by atoms with Gasteiger partial charge >= 0.3 is 11.9 Å². The molecule has 3 aromatic carbocycles. The SMILES string of the molecule is CC.CC.CC.CCOC(=O)c1c(C)n(Cc2ccc(C)cc2)c2sc(C)c(C)c2c1=O.Cc1ccc(Cn2c(C)c(C(=O)O)c(=O)c3c(C)c(C)sc32)cc1.Cc1ccc(Cn2c(C)cc(=O)c3c(C)c(C)sc32)cc1. The second-order valence-corrected chi connectivity index (χ2v) is 22.0. The highest BCUT2D eigenvalue weighted by Gasteiger charge is 2.25. The van der Waals surface area contributed by atoms with Crippen LogP contribution in [0, 0.1) is 83.1 Å². The number of carbonyl (C=O) groups is 2. The van der Waals surface area contributed by atoms with Crippen LogP contribution in [0.25, 0.3) is 30.6 Å². The van der Waals surface area contributed by atoms with E-state index in [9.17, 15) is 29.1 Å². The Kier molecular flexibility index (Phi) is 22.9. The van der Waals surface area contributed by atoms with E-state index < -0.39 is 11.9 Å². The first-order chi connectivity index (χ1) is 36.6. The van der Waals surface area contributed by atoms with Crippen LogP contribution in [-0.2, 0) is 24.4 Å². The van der Waals surface area contributed by atoms with E-state index in [0.717, 1.165) is 69.7 Å². The van der Waals surface area contributed by atoms with Crippen LogP contribution >= 0.6 is 34.0 Å². The molecule has 0 radical (unpaired) electrons. The summed E-state index contributed by atoms with van der Waals surface area (Å²) in [5.74, 6) is -1.71. The lowest BCUT2D eigenvalue weighted by molar-refractivity contribution is 0.0522. The average Bonchev–Trinajstić information content (AvgIpc) is 4.01. The summed E-state index contributed by atoms with van der Waals surface area (Å²) >= 11 is 4.87. The zero-order chi connectivity index (χ0) is 57.7. The minimum Gasteiger partial charge on any atom is -0.477 e. The van der Waals surface area contributed by atoms with Crippen LogP contribution in [0.4, 0.5) is 0 Å². The molecule has 0 amide bonds. The fourth-order valence-electron chi connectivity index (χ4n) is 8.78. The lowest BCUT2D eigenvalue weighted by Crippen LogP contribution is -2.24. The Labute approximate surface area is 467 Å². The van der Waals surface area contributed by atoms with Gasteiger partial charge in [0.2, 0.25) is 10.9 Å². The third kappa shape index (κ3) is 13.9. The van der Waals surface area contributed by atoms with E-state index in [-0.39, 0.29) is 34.0 Å². The summed E-state index contributed by atoms with van der Waals surface area (Å²) in [7, 11) is 0. The largest absolute Gasteiger partial charge is 0.477 e. The van der Waals surface area contributed by atoms with Crippen molar-refractivity contribution in [3.8, 4) is 0 Å². The molecule has 0 aliphatic carbocycles. The third-order valence-electron chi connectivity index (χ3n) is 13.4. The van der Waals surface area contributed by atoms with E-state index in [4.69, 9.17) is 4.74 Å². The van der Waals surface area contributed by atoms with Gasteiger partial charge in [-0.15, -0.1) is 34.0 Å². The van der Waals surface area contributed by atoms with E-state index in [1.54, 1.807) is 53.9 Å². The minimum atomic E-state index is -1.17. The fraction of sp³-hybridized carbons (Fsp3) is 0.359. The van der Waals surface area contributed by atoms with Gasteiger partial charge in [-0.25, -0.2) is 9.59 Å². The maximum atomic E-state index is 13.0. The van der Waals surface area contributed by atoms with Gasteiger partial charge in [0.05, 0.1) is 22.8 Å². The van der Waals surface area contributed by atoms with Gasteiger partial charge < -0.3 is 23.5 Å². The molecule has 10 nitrogen and oxygen atoms in total. The number of carbonyl (C=O) groups excluding carboxylic acids is 1. The molecule has 1 N–H and O–H groups in total. The molecule has 9 aromatic rings. The van der Waals surface area contributed by atoms with Gasteiger partial charge in [-0.1, -0.05) is 131 Å². The smallest absolute Gasteiger partial charge is 0.343 e. The van der Waals surface area contributed by atoms with E-state index >= 15 is 0 Å². The molecule has 6 heterocycles. The lowest BCUT2D eigenvalue weighted by Gasteiger charge is -2.16. The third-order valence-corrected chi connectivity index (χ3v) is 17.1. The number of nitrogens with zero attached hydrogens (tertiary/aromatic N) is 3. The molecule has 13 heteroatoms. The predicted molar refractivity (Wildman–Crippen MR) is 329 cm³/mol. The van der Waals surface area contributed by atoms with Crippen LogP contribution < -0.4 is 16.3 Å². The van der Waals surface area contributed by atoms with Crippen LogP contribution in [0.2, 0.25) is 0 Å². The summed E-state index contributed by atoms with van der Waals surface area (Å²) in [5, 5.41) is 11.6. The van der Waals surface area contributed by atoms with Crippen LogP contribution in [0.1, 0.15) is 151 Å². The number of aromatic nitrogens is 3. The molecule has 0 spiro atoms. The van der Waals surface area contributed by atoms with Crippen molar-refractivity contribution in [3.63, 3.8) is 0 Å². The summed E-state index contributed by atoms with van der Waals surface area (Å²) < 4.78 is 11.4. The summed E-state index contributed by atoms with van der Waals surface area (Å²) in [4.78, 5) is 68.3. The summed E-state index contributed by atoms with van der Waals surface area (Å²) in [6.07, 6.45) is 0. The Balaban J connectivity index is 0.000000238. The molecule has 410 valence electrons. The zero-order valence-electron chi connectivity index (χ0n) is 48.8. The topological polar surface area (TPSA) is 130 Å². The number of hydrogen-bond acceptors (Lipinski definition) is 9. The summed E-state index contributed by atoms with van der Waals surface area (Å²) in [6, 6.07) is 26.8. The van der Waals surface area contributed by atoms with Crippen molar-refractivity contribution in [3.05, 3.63) is 202 Å². The van der Waals surface area contributed by atoms with Crippen LogP contribution in [0.15, 0.2) is 93.2 Å². The second-order valence-electron chi connectivity index (χ2n) is 18.4. The van der Waals surface area contributed by atoms with Crippen LogP contribution in [0.5, 0.6) is 0 Å². The second kappa shape index (κ2) is 28.1. The molecule has 0 saturated carbocycles. The number of esters is 1. The van der Waals surface area contributed by atoms with Gasteiger partial charge in [0.25, 0.3) is 0 Å². The quantitative estimate of drug-likeness (QED) is 0.142. The Hall–Kier alpha value is -6.67. The number of hydrogen-bond donors (Lipinski definition) is 1. The highest BCUT2D eigenvalue weighted by Crippen LogP contribution is 2.33. The first-order valence-electron chi connectivity index (χ1n) is 26.6. The van der Waals surface area contributed by atoms with Crippen molar-refractivity contribution in [2.75, 3.05) is 6.61 Å². The molecule has 0 unspecified atom stereocenters. The van der Waals surface area contributed by atoms with Crippen LogP contribution in [0.3, 0.4) is 0 Å². The highest BCUT2D eigenvalue weighted by atomic mass is 32.1. The number of rotatable bonds is 9. The van der Waals surface area contributed by atoms with E-state index in [2.05, 4.69) is 78.4 Å². The Morgan fingerprint density at radius 2 is 0.779 bits per heavy atom. The van der Waals surface area contributed by atoms with Crippen molar-refractivity contribution in [1.82, 2.24) is 13.7 Å². The average molecular weight is 1100 g/mol. The number of benzene rings is 3. The van der Waals surface area contributed by atoms with Crippen molar-refractivity contribution in [1.29, 1.82) is 0 Å². The van der Waals surface area contributed by atoms with Gasteiger partial charge in [0, 0.05) is 57.4 Å². The molecule has 6 aromatic heterocycles. The zero-order valence-corrected chi connectivity index (χ0v) is 51.2. The molecule has 0 atom stereocenters. The summed E-state index contributed by atoms with van der Waals surface area (Å²) in [5.41, 5.74) is 11.8. The number of pyridine rings is 3. The maximum Gasteiger partial charge on any atom is 0.343 e. The molecule has 0 fully saturated rings. The predicted octanol–water partition coefficient (Wildman–Crippen LogP) is 16.0. The molecule has 77 heavy (non-hydrogen) atoms. The number of aryl methyl sites for hydroxylation is 10. The molecule has 0 saturated heterocycles. The standard InChI is InChI=1S/C21H23NO3S.C19H19NO3S.C18H19NOS.3C2H6/c1-6-25-21(24)18-14(4)22(11-16-9-7-12(2)8-10-16)20-17(19(18)23)13(3)15(5)26-20;1-10-5-7-14(8-6-10)9-20-12(3)16(19(22)23)17(21)15-11(2)13(4)24-18(15)20;1-11-5-7-15(8-6-11)10-19-12(2)9-16(20)17-13(3)14(4)21-18(17)19;3*1-2/h7-10H,6,11H2,1-5H3;5-8H,9H2,1-4H3,(H,22,23);5-9H,10H2,1-4H3;3*1-2H3. The Morgan fingerprint density at radius 3 is 1.13 bits per heavy atom. The van der Waals surface area contributed by atoms with Gasteiger partial charge in [-0.3, -0.25) is 14.4 Å². The monoisotopic (exact) mass is 1100 g/mol. The van der Waals surface area contributed by atoms with Crippen molar-refractivity contribution < 1.29 is 19.4 Å². The number of carboxylic acids is 1. The maximum absolute atomic E-state index is 13.0. The molecule has 0 bridgehead atoms. The molecule has 9 rings (SSSR count). The van der Waals surface area contributed by atoms with Gasteiger partial charge in [-0.05, 0) is 123 Å². The van der Waals surface area contributed by atoms with E-state index in [1.807, 2.05) is 126 Å². The molecular formula is C64H79N3O7S3. The Bertz CT molecular complexity index is 3700. The number of fused-ring (bicyclic) bond motifs is 3. The summed E-state index contributed by atoms with van der Waals surface area (Å²) in [6.45, 7) is 39.6. The van der Waals surface area contributed by atoms with E-state index in [1.165, 1.54) is 27.1 Å². The minimum absolute atomic E-state index is 0.129. The number of ether oxygens (including phenoxy) is 1. The van der Waals surface area contributed by atoms with Crippen molar-refractivity contribution in [2.24, 2.45) is 0 Å². The molecular weight excluding hydrogens is 1020 g/mol. The first kappa shape index (κ1) is 62.9. The normalized spacial score (nSPS) is 10.5. The molecule has 0 aliphatic rings. The number of carboxylic acid groups (broad SMARTS) is 1. The van der Waals surface area contributed by atoms with Crippen molar-refractivity contribution >= 4 is 76.6 Å². The van der Waals surface area contributed by atoms with Crippen LogP contribution in [-0.4, -0.2) is 37.4 Å². The van der Waals surface area contributed by atoms with Gasteiger partial charge in [-0.2, -0.15) is 0 Å². The van der Waals surface area contributed by atoms with Gasteiger partial charge in [0.15, 0.2) is 5.43 Å². The van der Waals surface area contributed by atoms with Gasteiger partial charge in [0.1, 0.15) is 25.6 Å². The number of thiophene rings is 3. The van der Waals surface area contributed by atoms with Crippen molar-refractivity contribution in [2.45, 2.75) is 151 Å². The lowest BCUT2D eigenvalue weighted by atomic mass is 10.1. The fourth-order valence-corrected chi connectivity index (χ4v) is 12.4. The highest BCUT2D eigenvalue weighted by molar-refractivity contribution is 7.19.